The Kier molecular flexibility index (Phi) is 16.6. The number of carbonyl (C=O) groups is 1. The zero-order chi connectivity index (χ0) is 47.1. The third-order valence-electron chi connectivity index (χ3n) is 7.51. The van der Waals surface area contributed by atoms with E-state index >= 15 is 0 Å². The van der Waals surface area contributed by atoms with E-state index in [9.17, 15) is 66.2 Å². The van der Waals surface area contributed by atoms with E-state index in [1.165, 1.54) is 0 Å². The zero-order valence-corrected chi connectivity index (χ0v) is 36.0. The van der Waals surface area contributed by atoms with Crippen LogP contribution in [0.15, 0.2) is 93.5 Å². The Morgan fingerprint density at radius 3 is 1.81 bits per heavy atom. The molecule has 0 aromatic heterocycles. The summed E-state index contributed by atoms with van der Waals surface area (Å²) in [6.45, 7) is -1.64. The minimum absolute atomic E-state index is 0.0553. The number of rotatable bonds is 22. The van der Waals surface area contributed by atoms with Gasteiger partial charge in [0.05, 0.1) is 68.1 Å². The Morgan fingerprint density at radius 2 is 1.24 bits per heavy atom. The van der Waals surface area contributed by atoms with E-state index in [0.29, 0.717) is 18.2 Å². The summed E-state index contributed by atoms with van der Waals surface area (Å²) in [7, 11) is -24.5. The average molecular weight is 1030 g/mol. The average Bonchev–Trinajstić information content (AvgIpc) is 3.17. The predicted molar refractivity (Wildman–Crippen MR) is 208 cm³/mol. The highest BCUT2D eigenvalue weighted by atomic mass is 32.3. The standard InChI is InChI=1S/C27H25N5O24S7/c28-23-22-13(10-21(62(45,46)47)25(23)32-29-17-3-1-14(11-16(17)27(34)35)60(40,41)8-6-52-63(48,49)50)9-19(57-55-53-36)24(26(22)33)31-30-18-4-2-15(12-20(18)61(42,43)44)59(38,39)7-5-51-58-56-54-37/h1-4,9-12,33,36-37H,5-8,28H2,(H,34,35)(H,42,43,44)(H,45,46,47)(H,48,49,50). The highest BCUT2D eigenvalue weighted by molar-refractivity contribution is 7.94. The SMILES string of the molecule is Nc1c(N=Nc2ccc(S(=O)(=O)CCOS(=O)(=O)O)cc2C(=O)O)c(S(=O)(=O)O)cc2cc(SOOO)c(N=Nc3ccc(S(=O)(=O)CCOSOOO)cc3S(=O)(=O)O)c(O)c12. The molecule has 0 unspecified atom stereocenters. The molecule has 0 radical (unpaired) electrons. The lowest BCUT2D eigenvalue weighted by Crippen LogP contribution is -2.16. The molecule has 0 atom stereocenters. The van der Waals surface area contributed by atoms with Gasteiger partial charge in [0.15, 0.2) is 37.7 Å². The van der Waals surface area contributed by atoms with Crippen LogP contribution in [-0.2, 0) is 77.4 Å². The smallest absolute Gasteiger partial charge is 0.397 e. The van der Waals surface area contributed by atoms with E-state index in [1.54, 1.807) is 0 Å². The van der Waals surface area contributed by atoms with Crippen molar-refractivity contribution >= 4 is 120 Å². The zero-order valence-electron chi connectivity index (χ0n) is 30.2. The lowest BCUT2D eigenvalue weighted by atomic mass is 10.1. The van der Waals surface area contributed by atoms with Crippen LogP contribution in [-0.4, -0.2) is 107 Å². The van der Waals surface area contributed by atoms with Crippen molar-refractivity contribution < 1.29 is 108 Å². The predicted octanol–water partition coefficient (Wildman–Crippen LogP) is 3.95. The third kappa shape index (κ3) is 13.2. The Morgan fingerprint density at radius 1 is 0.683 bits per heavy atom. The molecule has 63 heavy (non-hydrogen) atoms. The molecule has 0 heterocycles. The van der Waals surface area contributed by atoms with E-state index in [-0.39, 0.29) is 29.8 Å². The minimum Gasteiger partial charge on any atom is -0.505 e. The summed E-state index contributed by atoms with van der Waals surface area (Å²) in [6.07, 6.45) is 0. The summed E-state index contributed by atoms with van der Waals surface area (Å²) < 4.78 is 168. The van der Waals surface area contributed by atoms with Crippen LogP contribution in [0.4, 0.5) is 28.4 Å². The van der Waals surface area contributed by atoms with Crippen LogP contribution in [0.25, 0.3) is 10.8 Å². The molecule has 0 fully saturated rings. The number of phenols is 1. The molecule has 0 saturated heterocycles. The molecule has 4 rings (SSSR count). The van der Waals surface area contributed by atoms with Crippen LogP contribution in [0, 0.1) is 0 Å². The van der Waals surface area contributed by atoms with Gasteiger partial charge in [-0.05, 0) is 53.9 Å². The van der Waals surface area contributed by atoms with Gasteiger partial charge >= 0.3 is 16.4 Å². The summed E-state index contributed by atoms with van der Waals surface area (Å²) in [5.41, 5.74) is 1.37. The number of phenolic OH excluding ortho intramolecular Hbond substituents is 1. The number of aromatic carboxylic acids is 1. The maximum Gasteiger partial charge on any atom is 0.397 e. The number of nitrogens with two attached hydrogens (primary N) is 1. The van der Waals surface area contributed by atoms with Gasteiger partial charge in [0.25, 0.3) is 20.2 Å². The fourth-order valence-corrected chi connectivity index (χ4v) is 9.70. The molecule has 0 spiro atoms. The van der Waals surface area contributed by atoms with E-state index < -0.39 is 151 Å². The van der Waals surface area contributed by atoms with Crippen LogP contribution in [0.3, 0.4) is 0 Å². The number of sulfone groups is 2. The molecule has 36 heteroatoms. The Hall–Kier alpha value is -4.58. The molecular formula is C27H25N5O24S7. The van der Waals surface area contributed by atoms with Gasteiger partial charge in [-0.15, -0.1) is 29.1 Å². The largest absolute Gasteiger partial charge is 0.505 e. The minimum atomic E-state index is -5.34. The highest BCUT2D eigenvalue weighted by Gasteiger charge is 2.28. The number of nitrogens with zero attached hydrogens (tertiary/aromatic N) is 4. The summed E-state index contributed by atoms with van der Waals surface area (Å²) in [4.78, 5) is 8.03. The number of benzene rings is 4. The van der Waals surface area contributed by atoms with Crippen LogP contribution in [0.2, 0.25) is 0 Å². The number of anilines is 1. The quantitative estimate of drug-likeness (QED) is 0.0105. The first-order valence-corrected chi connectivity index (χ1v) is 24.6. The summed E-state index contributed by atoms with van der Waals surface area (Å²) >= 11 is 0.123. The fourth-order valence-electron chi connectivity index (χ4n) is 4.87. The van der Waals surface area contributed by atoms with Crippen molar-refractivity contribution in [3.63, 3.8) is 0 Å². The van der Waals surface area contributed by atoms with Gasteiger partial charge in [-0.3, -0.25) is 17.8 Å². The second-order valence-electron chi connectivity index (χ2n) is 11.4. The number of azo groups is 2. The van der Waals surface area contributed by atoms with Gasteiger partial charge in [0.2, 0.25) is 0 Å². The van der Waals surface area contributed by atoms with Crippen LogP contribution in [0.5, 0.6) is 5.75 Å². The highest BCUT2D eigenvalue weighted by Crippen LogP contribution is 2.50. The van der Waals surface area contributed by atoms with Gasteiger partial charge < -0.3 is 15.9 Å². The van der Waals surface area contributed by atoms with Crippen molar-refractivity contribution in [2.45, 2.75) is 24.5 Å². The van der Waals surface area contributed by atoms with Crippen LogP contribution in [0.1, 0.15) is 10.4 Å². The normalized spacial score (nSPS) is 13.1. The summed E-state index contributed by atoms with van der Waals surface area (Å²) in [5.74, 6) is -4.73. The van der Waals surface area contributed by atoms with Gasteiger partial charge in [0, 0.05) is 0 Å². The van der Waals surface area contributed by atoms with Crippen molar-refractivity contribution in [1.29, 1.82) is 0 Å². The first-order chi connectivity index (χ1) is 29.2. The summed E-state index contributed by atoms with van der Waals surface area (Å²) in [6, 6.07) is 5.85. The second kappa shape index (κ2) is 20.5. The molecular weight excluding hydrogens is 1000 g/mol. The number of hydrogen-bond donors (Lipinski definition) is 8. The van der Waals surface area contributed by atoms with Gasteiger partial charge in [-0.2, -0.15) is 25.3 Å². The molecule has 4 aromatic carbocycles. The Bertz CT molecular complexity index is 3060. The molecule has 9 N–H and O–H groups in total. The van der Waals surface area contributed by atoms with E-state index in [2.05, 4.69) is 47.6 Å². The molecule has 0 aliphatic heterocycles. The number of hydrogen-bond acceptors (Lipinski definition) is 27. The van der Waals surface area contributed by atoms with Crippen molar-refractivity contribution in [2.24, 2.45) is 20.5 Å². The number of carboxylic acid groups (broad SMARTS) is 1. The fraction of sp³-hybridized carbons (Fsp3) is 0.148. The van der Waals surface area contributed by atoms with Gasteiger partial charge in [-0.1, -0.05) is 10.1 Å². The Balaban J connectivity index is 1.88. The first kappa shape index (κ1) is 51.1. The van der Waals surface area contributed by atoms with E-state index in [1.807, 2.05) is 0 Å². The second-order valence-corrected chi connectivity index (χ2v) is 20.8. The maximum atomic E-state index is 12.8. The van der Waals surface area contributed by atoms with Crippen LogP contribution >= 0.6 is 24.4 Å². The number of nitrogen functional groups attached to an aromatic ring is 1. The van der Waals surface area contributed by atoms with E-state index in [4.69, 9.17) is 20.8 Å². The van der Waals surface area contributed by atoms with Crippen molar-refractivity contribution in [2.75, 3.05) is 30.5 Å². The maximum absolute atomic E-state index is 12.8. The van der Waals surface area contributed by atoms with Crippen molar-refractivity contribution in [3.05, 3.63) is 54.1 Å². The number of aromatic hydroxyl groups is 1. The van der Waals surface area contributed by atoms with Gasteiger partial charge in [-0.25, -0.2) is 36.3 Å². The molecule has 0 aliphatic rings. The third-order valence-corrected chi connectivity index (χ3v) is 14.1. The van der Waals surface area contributed by atoms with Crippen molar-refractivity contribution in [1.82, 2.24) is 0 Å². The van der Waals surface area contributed by atoms with Crippen LogP contribution < -0.4 is 5.73 Å². The first-order valence-electron chi connectivity index (χ1n) is 15.6. The molecule has 0 bridgehead atoms. The number of carboxylic acids is 1. The monoisotopic (exact) mass is 1030 g/mol. The topological polar surface area (TPSA) is 460 Å². The van der Waals surface area contributed by atoms with Gasteiger partial charge in [0.1, 0.15) is 32.5 Å². The molecule has 0 saturated carbocycles. The van der Waals surface area contributed by atoms with Crippen molar-refractivity contribution in [3.8, 4) is 5.75 Å². The molecule has 0 amide bonds. The summed E-state index contributed by atoms with van der Waals surface area (Å²) in [5, 5.41) is 58.7. The number of fused-ring (bicyclic) bond motifs is 1. The lowest BCUT2D eigenvalue weighted by Gasteiger charge is -2.14. The molecule has 29 nitrogen and oxygen atoms in total. The molecule has 4 aromatic rings. The Labute approximate surface area is 361 Å². The van der Waals surface area contributed by atoms with E-state index in [0.717, 1.165) is 30.3 Å². The molecule has 344 valence electrons. The lowest BCUT2D eigenvalue weighted by molar-refractivity contribution is -0.434. The molecule has 0 aliphatic carbocycles.